The summed E-state index contributed by atoms with van der Waals surface area (Å²) in [5.41, 5.74) is 1.01. The Balaban J connectivity index is 1.51. The van der Waals surface area contributed by atoms with Crippen molar-refractivity contribution in [1.82, 2.24) is 4.90 Å². The van der Waals surface area contributed by atoms with E-state index in [2.05, 4.69) is 22.9 Å². The number of carbonyl (C=O) groups excluding carboxylic acids is 3. The molecule has 3 amide bonds. The number of non-ortho nitro benzene ring substituents is 1. The Bertz CT molecular complexity index is 1410. The SMILES string of the molecule is CCCCOc1ccc([C@H]2[C@@H](N3C(=O)c4ccc([N+](=O)[O-])cc4C3=O)C(=O)N2c2ccc(Br)cc2)cc1. The van der Waals surface area contributed by atoms with Crippen LogP contribution in [-0.4, -0.2) is 40.2 Å². The Hall–Kier alpha value is -4.05. The van der Waals surface area contributed by atoms with E-state index in [1.54, 1.807) is 41.3 Å². The third-order valence-electron chi connectivity index (χ3n) is 6.55. The molecule has 0 saturated carbocycles. The molecule has 5 rings (SSSR count). The van der Waals surface area contributed by atoms with Crippen LogP contribution in [0.15, 0.2) is 71.2 Å². The molecule has 0 bridgehead atoms. The molecule has 1 fully saturated rings. The van der Waals surface area contributed by atoms with E-state index in [1.807, 2.05) is 12.1 Å². The number of fused-ring (bicyclic) bond motifs is 1. The standard InChI is InChI=1S/C27H22BrN3O6/c1-2-3-14-37-20-11-4-16(5-12-20)23-24(27(34)29(23)18-8-6-17(28)7-9-18)30-25(32)21-13-10-19(31(35)36)15-22(21)26(30)33/h4-13,15,23-24H,2-3,14H2,1H3/t23-,24+/m0/s1. The van der Waals surface area contributed by atoms with Gasteiger partial charge >= 0.3 is 0 Å². The zero-order chi connectivity index (χ0) is 26.3. The highest BCUT2D eigenvalue weighted by Gasteiger charge is 2.57. The molecular weight excluding hydrogens is 542 g/mol. The van der Waals surface area contributed by atoms with E-state index in [4.69, 9.17) is 4.74 Å². The molecule has 9 nitrogen and oxygen atoms in total. The van der Waals surface area contributed by atoms with E-state index in [-0.39, 0.29) is 16.8 Å². The number of rotatable bonds is 8. The van der Waals surface area contributed by atoms with Crippen molar-refractivity contribution in [3.63, 3.8) is 0 Å². The second kappa shape index (κ2) is 9.78. The quantitative estimate of drug-likeness (QED) is 0.121. The Kier molecular flexibility index (Phi) is 6.51. The molecule has 2 heterocycles. The highest BCUT2D eigenvalue weighted by Crippen LogP contribution is 2.45. The summed E-state index contributed by atoms with van der Waals surface area (Å²) in [5.74, 6) is -1.10. The topological polar surface area (TPSA) is 110 Å². The predicted octanol–water partition coefficient (Wildman–Crippen LogP) is 5.29. The molecule has 0 unspecified atom stereocenters. The van der Waals surface area contributed by atoms with Crippen molar-refractivity contribution in [2.24, 2.45) is 0 Å². The minimum absolute atomic E-state index is 0.0453. The van der Waals surface area contributed by atoms with Crippen molar-refractivity contribution in [3.05, 3.63) is 98.0 Å². The lowest BCUT2D eigenvalue weighted by atomic mass is 9.86. The average Bonchev–Trinajstić information content (AvgIpc) is 3.13. The van der Waals surface area contributed by atoms with Crippen molar-refractivity contribution in [1.29, 1.82) is 0 Å². The average molecular weight is 564 g/mol. The fourth-order valence-corrected chi connectivity index (χ4v) is 4.92. The zero-order valence-corrected chi connectivity index (χ0v) is 21.4. The van der Waals surface area contributed by atoms with Gasteiger partial charge in [0, 0.05) is 22.3 Å². The summed E-state index contributed by atoms with van der Waals surface area (Å²) in [4.78, 5) is 53.2. The number of carbonyl (C=O) groups is 3. The van der Waals surface area contributed by atoms with Gasteiger partial charge in [-0.3, -0.25) is 29.4 Å². The number of nitro benzene ring substituents is 1. The lowest BCUT2D eigenvalue weighted by Crippen LogP contribution is -2.67. The third kappa shape index (κ3) is 4.27. The number of hydrogen-bond donors (Lipinski definition) is 0. The first kappa shape index (κ1) is 24.6. The number of β-lactam (4-membered cyclic amide) rings is 1. The van der Waals surface area contributed by atoms with E-state index in [0.717, 1.165) is 33.8 Å². The Morgan fingerprint density at radius 3 is 2.22 bits per heavy atom. The highest BCUT2D eigenvalue weighted by molar-refractivity contribution is 9.10. The molecule has 3 aromatic rings. The molecule has 1 saturated heterocycles. The van der Waals surface area contributed by atoms with Crippen LogP contribution in [0.1, 0.15) is 52.1 Å². The number of nitro groups is 1. The minimum Gasteiger partial charge on any atom is -0.494 e. The molecule has 0 radical (unpaired) electrons. The van der Waals surface area contributed by atoms with Crippen LogP contribution in [0.4, 0.5) is 11.4 Å². The molecule has 0 aromatic heterocycles. The summed E-state index contributed by atoms with van der Waals surface area (Å²) >= 11 is 3.39. The van der Waals surface area contributed by atoms with Gasteiger partial charge in [0.2, 0.25) is 0 Å². The maximum atomic E-state index is 13.5. The number of ether oxygens (including phenoxy) is 1. The van der Waals surface area contributed by atoms with E-state index < -0.39 is 34.7 Å². The Labute approximate surface area is 220 Å². The highest BCUT2D eigenvalue weighted by atomic mass is 79.9. The predicted molar refractivity (Wildman–Crippen MR) is 139 cm³/mol. The van der Waals surface area contributed by atoms with Gasteiger partial charge in [-0.05, 0) is 54.4 Å². The number of anilines is 1. The molecule has 37 heavy (non-hydrogen) atoms. The van der Waals surface area contributed by atoms with Crippen LogP contribution in [0.5, 0.6) is 5.75 Å². The van der Waals surface area contributed by atoms with Gasteiger partial charge in [-0.25, -0.2) is 0 Å². The molecule has 10 heteroatoms. The second-order valence-corrected chi connectivity index (χ2v) is 9.73. The van der Waals surface area contributed by atoms with Crippen LogP contribution in [-0.2, 0) is 4.79 Å². The number of nitrogens with zero attached hydrogens (tertiary/aromatic N) is 3. The molecule has 2 aliphatic heterocycles. The second-order valence-electron chi connectivity index (χ2n) is 8.81. The molecule has 2 aliphatic rings. The van der Waals surface area contributed by atoms with Crippen molar-refractivity contribution in [2.75, 3.05) is 11.5 Å². The number of benzene rings is 3. The number of unbranched alkanes of at least 4 members (excludes halogenated alkanes) is 1. The lowest BCUT2D eigenvalue weighted by molar-refractivity contribution is -0.384. The van der Waals surface area contributed by atoms with Crippen molar-refractivity contribution < 1.29 is 24.0 Å². The first-order valence-corrected chi connectivity index (χ1v) is 12.6. The maximum absolute atomic E-state index is 13.5. The van der Waals surface area contributed by atoms with Crippen molar-refractivity contribution in [3.8, 4) is 5.75 Å². The van der Waals surface area contributed by atoms with Crippen LogP contribution in [0.25, 0.3) is 0 Å². The molecular formula is C27H22BrN3O6. The van der Waals surface area contributed by atoms with Crippen molar-refractivity contribution >= 4 is 45.0 Å². The fraction of sp³-hybridized carbons (Fsp3) is 0.222. The Morgan fingerprint density at radius 1 is 0.892 bits per heavy atom. The van der Waals surface area contributed by atoms with Crippen LogP contribution >= 0.6 is 15.9 Å². The van der Waals surface area contributed by atoms with Crippen molar-refractivity contribution in [2.45, 2.75) is 31.8 Å². The third-order valence-corrected chi connectivity index (χ3v) is 7.08. The molecule has 3 aromatic carbocycles. The van der Waals surface area contributed by atoms with Gasteiger partial charge in [-0.2, -0.15) is 0 Å². The summed E-state index contributed by atoms with van der Waals surface area (Å²) in [7, 11) is 0. The zero-order valence-electron chi connectivity index (χ0n) is 19.8. The fourth-order valence-electron chi connectivity index (χ4n) is 4.66. The number of hydrogen-bond acceptors (Lipinski definition) is 6. The monoisotopic (exact) mass is 563 g/mol. The van der Waals surface area contributed by atoms with Crippen LogP contribution in [0, 0.1) is 10.1 Å². The summed E-state index contributed by atoms with van der Waals surface area (Å²) in [6.07, 6.45) is 1.94. The molecule has 0 N–H and O–H groups in total. The summed E-state index contributed by atoms with van der Waals surface area (Å²) in [6, 6.07) is 16.2. The van der Waals surface area contributed by atoms with E-state index in [1.165, 1.54) is 12.1 Å². The van der Waals surface area contributed by atoms with Gasteiger partial charge < -0.3 is 9.64 Å². The van der Waals surface area contributed by atoms with Gasteiger partial charge in [0.1, 0.15) is 11.8 Å². The first-order valence-electron chi connectivity index (χ1n) is 11.8. The van der Waals surface area contributed by atoms with Crippen LogP contribution in [0.3, 0.4) is 0 Å². The van der Waals surface area contributed by atoms with E-state index in [9.17, 15) is 24.5 Å². The minimum atomic E-state index is -1.10. The molecule has 2 atom stereocenters. The summed E-state index contributed by atoms with van der Waals surface area (Å²) in [6.45, 7) is 2.67. The Morgan fingerprint density at radius 2 is 1.57 bits per heavy atom. The maximum Gasteiger partial charge on any atom is 0.270 e. The van der Waals surface area contributed by atoms with E-state index >= 15 is 0 Å². The smallest absolute Gasteiger partial charge is 0.270 e. The molecule has 188 valence electrons. The van der Waals surface area contributed by atoms with E-state index in [0.29, 0.717) is 18.0 Å². The van der Waals surface area contributed by atoms with Gasteiger partial charge in [0.15, 0.2) is 0 Å². The van der Waals surface area contributed by atoms with Crippen LogP contribution in [0.2, 0.25) is 0 Å². The first-order chi connectivity index (χ1) is 17.8. The van der Waals surface area contributed by atoms with Gasteiger partial charge in [-0.1, -0.05) is 41.4 Å². The number of amides is 3. The van der Waals surface area contributed by atoms with Crippen LogP contribution < -0.4 is 9.64 Å². The summed E-state index contributed by atoms with van der Waals surface area (Å²) < 4.78 is 6.59. The molecule has 0 spiro atoms. The van der Waals surface area contributed by atoms with Gasteiger partial charge in [-0.15, -0.1) is 0 Å². The lowest BCUT2D eigenvalue weighted by Gasteiger charge is -2.49. The van der Waals surface area contributed by atoms with Gasteiger partial charge in [0.05, 0.1) is 28.7 Å². The number of imide groups is 1. The normalized spacial score (nSPS) is 18.6. The largest absolute Gasteiger partial charge is 0.494 e. The molecule has 0 aliphatic carbocycles. The summed E-state index contributed by atoms with van der Waals surface area (Å²) in [5, 5.41) is 11.2. The van der Waals surface area contributed by atoms with Gasteiger partial charge in [0.25, 0.3) is 23.4 Å². The number of halogens is 1.